The predicted octanol–water partition coefficient (Wildman–Crippen LogP) is 2.74. The highest BCUT2D eigenvalue weighted by Gasteiger charge is 2.32. The Morgan fingerprint density at radius 1 is 1.67 bits per heavy atom. The van der Waals surface area contributed by atoms with E-state index in [0.29, 0.717) is 28.2 Å². The summed E-state index contributed by atoms with van der Waals surface area (Å²) in [5.41, 5.74) is 0.756. The number of nitrogens with zero attached hydrogens (tertiary/aromatic N) is 2. The van der Waals surface area contributed by atoms with Crippen LogP contribution in [-0.2, 0) is 9.59 Å². The highest BCUT2D eigenvalue weighted by atomic mass is 35.5. The standard InChI is InChI=1S/C11H13ClN2O2S2/c1-6-10(12)18-11(13-6)14-4-8(3-9(14)16)5-17-7(2)15/h8H,3-5H2,1-2H3. The van der Waals surface area contributed by atoms with E-state index in [0.717, 1.165) is 5.69 Å². The summed E-state index contributed by atoms with van der Waals surface area (Å²) >= 11 is 8.57. The van der Waals surface area contributed by atoms with Crippen LogP contribution in [0.4, 0.5) is 5.13 Å². The van der Waals surface area contributed by atoms with Gasteiger partial charge in [-0.2, -0.15) is 0 Å². The minimum Gasteiger partial charge on any atom is -0.288 e. The SMILES string of the molecule is CC(=O)SCC1CC(=O)N(c2nc(C)c(Cl)s2)C1. The van der Waals surface area contributed by atoms with Crippen molar-refractivity contribution in [2.24, 2.45) is 5.92 Å². The molecule has 1 fully saturated rings. The summed E-state index contributed by atoms with van der Waals surface area (Å²) in [6.45, 7) is 4.00. The molecule has 1 unspecified atom stereocenters. The Morgan fingerprint density at radius 2 is 2.39 bits per heavy atom. The highest BCUT2D eigenvalue weighted by Crippen LogP contribution is 2.34. The number of hydrogen-bond acceptors (Lipinski definition) is 5. The molecule has 1 aliphatic heterocycles. The Labute approximate surface area is 119 Å². The molecule has 1 saturated heterocycles. The summed E-state index contributed by atoms with van der Waals surface area (Å²) in [7, 11) is 0. The molecule has 1 aromatic heterocycles. The number of halogens is 1. The van der Waals surface area contributed by atoms with E-state index in [1.807, 2.05) is 6.92 Å². The van der Waals surface area contributed by atoms with Crippen LogP contribution in [0.25, 0.3) is 0 Å². The molecule has 0 spiro atoms. The fraction of sp³-hybridized carbons (Fsp3) is 0.545. The van der Waals surface area contributed by atoms with Crippen molar-refractivity contribution in [2.45, 2.75) is 20.3 Å². The monoisotopic (exact) mass is 304 g/mol. The Hall–Kier alpha value is -0.590. The van der Waals surface area contributed by atoms with Crippen molar-refractivity contribution in [3.63, 3.8) is 0 Å². The smallest absolute Gasteiger partial charge is 0.229 e. The van der Waals surface area contributed by atoms with Crippen LogP contribution in [0.3, 0.4) is 0 Å². The average Bonchev–Trinajstić information content (AvgIpc) is 2.80. The molecule has 98 valence electrons. The fourth-order valence-corrected chi connectivity index (χ4v) is 3.56. The number of aryl methyl sites for hydroxylation is 1. The number of amides is 1. The van der Waals surface area contributed by atoms with Crippen molar-refractivity contribution < 1.29 is 9.59 Å². The first-order valence-corrected chi connectivity index (χ1v) is 7.72. The van der Waals surface area contributed by atoms with Gasteiger partial charge in [0.05, 0.1) is 5.69 Å². The molecule has 1 amide bonds. The lowest BCUT2D eigenvalue weighted by Crippen LogP contribution is -2.24. The van der Waals surface area contributed by atoms with Crippen LogP contribution >= 0.6 is 34.7 Å². The van der Waals surface area contributed by atoms with E-state index in [-0.39, 0.29) is 16.9 Å². The Balaban J connectivity index is 2.03. The van der Waals surface area contributed by atoms with Crippen LogP contribution in [-0.4, -0.2) is 28.3 Å². The van der Waals surface area contributed by atoms with Gasteiger partial charge in [0.2, 0.25) is 5.91 Å². The number of thioether (sulfide) groups is 1. The molecule has 7 heteroatoms. The van der Waals surface area contributed by atoms with Crippen molar-refractivity contribution >= 4 is 50.9 Å². The molecule has 1 atom stereocenters. The molecule has 0 bridgehead atoms. The van der Waals surface area contributed by atoms with E-state index in [4.69, 9.17) is 11.6 Å². The molecule has 18 heavy (non-hydrogen) atoms. The third-order valence-corrected chi connectivity index (χ3v) is 5.21. The number of carbonyl (C=O) groups is 2. The highest BCUT2D eigenvalue weighted by molar-refractivity contribution is 8.13. The van der Waals surface area contributed by atoms with Crippen molar-refractivity contribution in [3.05, 3.63) is 10.0 Å². The topological polar surface area (TPSA) is 50.3 Å². The minimum absolute atomic E-state index is 0.0644. The Kier molecular flexibility index (Phi) is 4.29. The molecule has 0 radical (unpaired) electrons. The third-order valence-electron chi connectivity index (χ3n) is 2.69. The molecule has 0 aromatic carbocycles. The van der Waals surface area contributed by atoms with Gasteiger partial charge in [-0.05, 0) is 12.8 Å². The summed E-state index contributed by atoms with van der Waals surface area (Å²) in [4.78, 5) is 28.8. The first kappa shape index (κ1) is 13.8. The van der Waals surface area contributed by atoms with Gasteiger partial charge in [0.15, 0.2) is 10.2 Å². The van der Waals surface area contributed by atoms with Gasteiger partial charge >= 0.3 is 0 Å². The first-order chi connectivity index (χ1) is 8.47. The van der Waals surface area contributed by atoms with Gasteiger partial charge in [-0.15, -0.1) is 0 Å². The fourth-order valence-electron chi connectivity index (χ4n) is 1.79. The van der Waals surface area contributed by atoms with Gasteiger partial charge in [0.25, 0.3) is 0 Å². The van der Waals surface area contributed by atoms with Crippen molar-refractivity contribution in [2.75, 3.05) is 17.2 Å². The molecular weight excluding hydrogens is 292 g/mol. The largest absolute Gasteiger partial charge is 0.288 e. The Bertz CT molecular complexity index is 470. The molecule has 1 aromatic rings. The zero-order chi connectivity index (χ0) is 13.3. The summed E-state index contributed by atoms with van der Waals surface area (Å²) in [6, 6.07) is 0. The third kappa shape index (κ3) is 3.05. The quantitative estimate of drug-likeness (QED) is 0.861. The number of thiazole rings is 1. The van der Waals surface area contributed by atoms with Crippen molar-refractivity contribution in [1.82, 2.24) is 4.98 Å². The maximum absolute atomic E-state index is 11.9. The van der Waals surface area contributed by atoms with Gasteiger partial charge in [-0.1, -0.05) is 34.7 Å². The summed E-state index contributed by atoms with van der Waals surface area (Å²) in [5.74, 6) is 0.972. The molecule has 2 heterocycles. The maximum atomic E-state index is 11.9. The lowest BCUT2D eigenvalue weighted by atomic mass is 10.1. The van der Waals surface area contributed by atoms with E-state index in [2.05, 4.69) is 4.98 Å². The molecule has 4 nitrogen and oxygen atoms in total. The molecule has 1 aliphatic rings. The summed E-state index contributed by atoms with van der Waals surface area (Å²) < 4.78 is 0.624. The molecule has 0 N–H and O–H groups in total. The number of carbonyl (C=O) groups excluding carboxylic acids is 2. The molecule has 0 saturated carbocycles. The number of rotatable bonds is 3. The van der Waals surface area contributed by atoms with Gasteiger partial charge in [0, 0.05) is 25.6 Å². The summed E-state index contributed by atoms with van der Waals surface area (Å²) in [6.07, 6.45) is 0.483. The molecule has 2 rings (SSSR count). The van der Waals surface area contributed by atoms with Crippen LogP contribution in [0.2, 0.25) is 4.34 Å². The number of hydrogen-bond donors (Lipinski definition) is 0. The lowest BCUT2D eigenvalue weighted by molar-refractivity contribution is -0.117. The number of aromatic nitrogens is 1. The summed E-state index contributed by atoms with van der Waals surface area (Å²) in [5, 5.41) is 0.756. The van der Waals surface area contributed by atoms with E-state index in [1.54, 1.807) is 11.8 Å². The number of anilines is 1. The van der Waals surface area contributed by atoms with Crippen LogP contribution in [0.5, 0.6) is 0 Å². The average molecular weight is 305 g/mol. The van der Waals surface area contributed by atoms with Gasteiger partial charge in [-0.3, -0.25) is 14.5 Å². The van der Waals surface area contributed by atoms with E-state index < -0.39 is 0 Å². The van der Waals surface area contributed by atoms with Crippen LogP contribution in [0.1, 0.15) is 19.0 Å². The van der Waals surface area contributed by atoms with Gasteiger partial charge in [-0.25, -0.2) is 4.98 Å². The second kappa shape index (κ2) is 5.59. The maximum Gasteiger partial charge on any atom is 0.229 e. The first-order valence-electron chi connectivity index (χ1n) is 5.54. The van der Waals surface area contributed by atoms with Gasteiger partial charge in [0.1, 0.15) is 4.34 Å². The Morgan fingerprint density at radius 3 is 2.94 bits per heavy atom. The normalized spacial score (nSPS) is 19.6. The second-order valence-corrected chi connectivity index (χ2v) is 7.01. The van der Waals surface area contributed by atoms with Gasteiger partial charge < -0.3 is 0 Å². The van der Waals surface area contributed by atoms with Crippen LogP contribution < -0.4 is 4.90 Å². The van der Waals surface area contributed by atoms with E-state index >= 15 is 0 Å². The van der Waals surface area contributed by atoms with Crippen molar-refractivity contribution in [1.29, 1.82) is 0 Å². The minimum atomic E-state index is 0.0644. The van der Waals surface area contributed by atoms with Crippen molar-refractivity contribution in [3.8, 4) is 0 Å². The second-order valence-electron chi connectivity index (χ2n) is 4.23. The zero-order valence-electron chi connectivity index (χ0n) is 10.1. The zero-order valence-corrected chi connectivity index (χ0v) is 12.5. The lowest BCUT2D eigenvalue weighted by Gasteiger charge is -2.12. The van der Waals surface area contributed by atoms with Crippen LogP contribution in [0.15, 0.2) is 0 Å². The van der Waals surface area contributed by atoms with E-state index in [1.165, 1.54) is 23.1 Å². The van der Waals surface area contributed by atoms with E-state index in [9.17, 15) is 9.59 Å². The molecular formula is C11H13ClN2O2S2. The molecule has 0 aliphatic carbocycles. The van der Waals surface area contributed by atoms with Crippen LogP contribution in [0, 0.1) is 12.8 Å². The predicted molar refractivity (Wildman–Crippen MR) is 75.5 cm³/mol.